The Morgan fingerprint density at radius 3 is 2.27 bits per heavy atom. The summed E-state index contributed by atoms with van der Waals surface area (Å²) in [5.74, 6) is 0. The maximum absolute atomic E-state index is 9.79. The first-order chi connectivity index (χ1) is 4.94. The predicted molar refractivity (Wildman–Crippen MR) is 41.1 cm³/mol. The van der Waals surface area contributed by atoms with Crippen LogP contribution in [0.25, 0.3) is 0 Å². The molecule has 2 unspecified atom stereocenters. The van der Waals surface area contributed by atoms with Crippen LogP contribution in [0.4, 0.5) is 0 Å². The summed E-state index contributed by atoms with van der Waals surface area (Å²) in [5, 5.41) is 27.7. The molecule has 3 heteroatoms. The summed E-state index contributed by atoms with van der Waals surface area (Å²) in [5.41, 5.74) is -1.32. The maximum atomic E-state index is 9.79. The average molecular weight is 160 g/mol. The molecule has 1 rings (SSSR count). The zero-order valence-electron chi connectivity index (χ0n) is 7.04. The second kappa shape index (κ2) is 2.44. The van der Waals surface area contributed by atoms with Crippen LogP contribution in [0.3, 0.4) is 0 Å². The van der Waals surface area contributed by atoms with Gasteiger partial charge < -0.3 is 15.3 Å². The average Bonchev–Trinajstić information content (AvgIpc) is 1.88. The number of rotatable bonds is 2. The highest BCUT2D eigenvalue weighted by molar-refractivity contribution is 5.08. The first kappa shape index (κ1) is 8.97. The summed E-state index contributed by atoms with van der Waals surface area (Å²) in [6.07, 6.45) is 0.316. The Bertz CT molecular complexity index is 151. The van der Waals surface area contributed by atoms with Gasteiger partial charge in [0.2, 0.25) is 0 Å². The van der Waals surface area contributed by atoms with Crippen molar-refractivity contribution in [2.75, 3.05) is 6.61 Å². The molecular weight excluding hydrogens is 144 g/mol. The number of hydrogen-bond acceptors (Lipinski definition) is 3. The van der Waals surface area contributed by atoms with Gasteiger partial charge in [-0.05, 0) is 6.42 Å². The molecule has 3 nitrogen and oxygen atoms in total. The minimum Gasteiger partial charge on any atom is -0.396 e. The fourth-order valence-corrected chi connectivity index (χ4v) is 1.63. The van der Waals surface area contributed by atoms with E-state index in [1.54, 1.807) is 0 Å². The van der Waals surface area contributed by atoms with E-state index in [0.29, 0.717) is 12.8 Å². The Hall–Kier alpha value is -0.120. The van der Waals surface area contributed by atoms with Crippen LogP contribution in [0.15, 0.2) is 0 Å². The van der Waals surface area contributed by atoms with Crippen LogP contribution in [0.1, 0.15) is 26.7 Å². The topological polar surface area (TPSA) is 60.7 Å². The lowest BCUT2D eigenvalue weighted by atomic mass is 9.55. The highest BCUT2D eigenvalue weighted by Gasteiger charge is 2.58. The zero-order valence-corrected chi connectivity index (χ0v) is 7.04. The minimum absolute atomic E-state index is 0.0212. The van der Waals surface area contributed by atoms with Crippen molar-refractivity contribution in [3.05, 3.63) is 0 Å². The second-order valence-corrected chi connectivity index (χ2v) is 3.95. The van der Waals surface area contributed by atoms with Gasteiger partial charge in [0, 0.05) is 18.4 Å². The van der Waals surface area contributed by atoms with Crippen LogP contribution < -0.4 is 0 Å². The van der Waals surface area contributed by atoms with E-state index in [0.717, 1.165) is 0 Å². The Morgan fingerprint density at radius 1 is 1.45 bits per heavy atom. The van der Waals surface area contributed by atoms with E-state index in [2.05, 4.69) is 0 Å². The van der Waals surface area contributed by atoms with Gasteiger partial charge in [-0.15, -0.1) is 0 Å². The van der Waals surface area contributed by atoms with Crippen molar-refractivity contribution in [2.24, 2.45) is 5.41 Å². The lowest BCUT2D eigenvalue weighted by Gasteiger charge is -2.56. The van der Waals surface area contributed by atoms with Crippen LogP contribution >= 0.6 is 0 Å². The largest absolute Gasteiger partial charge is 0.396 e. The van der Waals surface area contributed by atoms with Crippen molar-refractivity contribution in [3.8, 4) is 0 Å². The Balaban J connectivity index is 2.62. The predicted octanol–water partition coefficient (Wildman–Crippen LogP) is -0.109. The van der Waals surface area contributed by atoms with Crippen molar-refractivity contribution >= 4 is 0 Å². The van der Waals surface area contributed by atoms with Crippen LogP contribution in [-0.4, -0.2) is 33.6 Å². The fourth-order valence-electron chi connectivity index (χ4n) is 1.63. The van der Waals surface area contributed by atoms with Crippen molar-refractivity contribution in [3.63, 3.8) is 0 Å². The van der Waals surface area contributed by atoms with Gasteiger partial charge in [-0.25, -0.2) is 0 Å². The van der Waals surface area contributed by atoms with E-state index < -0.39 is 17.1 Å². The first-order valence-corrected chi connectivity index (χ1v) is 3.95. The van der Waals surface area contributed by atoms with Gasteiger partial charge in [0.1, 0.15) is 0 Å². The molecule has 0 aromatic carbocycles. The Labute approximate surface area is 66.7 Å². The van der Waals surface area contributed by atoms with E-state index in [1.807, 2.05) is 13.8 Å². The van der Waals surface area contributed by atoms with Crippen molar-refractivity contribution in [1.82, 2.24) is 0 Å². The fraction of sp³-hybridized carbons (Fsp3) is 1.00. The van der Waals surface area contributed by atoms with Crippen molar-refractivity contribution in [2.45, 2.75) is 38.4 Å². The SMILES string of the molecule is CC1(C)C(O)CC1(O)CCO. The lowest BCUT2D eigenvalue weighted by molar-refractivity contribution is -0.230. The Kier molecular flexibility index (Phi) is 1.99. The molecule has 0 amide bonds. The summed E-state index contributed by atoms with van der Waals surface area (Å²) < 4.78 is 0. The van der Waals surface area contributed by atoms with E-state index in [1.165, 1.54) is 0 Å². The molecule has 1 saturated carbocycles. The molecule has 0 spiro atoms. The van der Waals surface area contributed by atoms with Crippen LogP contribution in [0.2, 0.25) is 0 Å². The molecule has 0 aliphatic heterocycles. The molecule has 0 saturated heterocycles. The van der Waals surface area contributed by atoms with E-state index in [9.17, 15) is 10.2 Å². The molecular formula is C8H16O3. The van der Waals surface area contributed by atoms with Gasteiger partial charge in [-0.2, -0.15) is 0 Å². The quantitative estimate of drug-likeness (QED) is 0.528. The molecule has 0 aromatic heterocycles. The van der Waals surface area contributed by atoms with Gasteiger partial charge in [0.25, 0.3) is 0 Å². The molecule has 0 radical (unpaired) electrons. The third-order valence-electron chi connectivity index (χ3n) is 3.09. The van der Waals surface area contributed by atoms with Gasteiger partial charge in [-0.3, -0.25) is 0 Å². The van der Waals surface area contributed by atoms with Crippen LogP contribution in [-0.2, 0) is 0 Å². The lowest BCUT2D eigenvalue weighted by Crippen LogP contribution is -2.64. The van der Waals surface area contributed by atoms with Crippen LogP contribution in [0, 0.1) is 5.41 Å². The molecule has 0 bridgehead atoms. The first-order valence-electron chi connectivity index (χ1n) is 3.95. The van der Waals surface area contributed by atoms with Crippen molar-refractivity contribution in [1.29, 1.82) is 0 Å². The molecule has 1 aliphatic rings. The van der Waals surface area contributed by atoms with Crippen molar-refractivity contribution < 1.29 is 15.3 Å². The Morgan fingerprint density at radius 2 is 2.00 bits per heavy atom. The molecule has 0 heterocycles. The molecule has 1 aliphatic carbocycles. The summed E-state index contributed by atoms with van der Waals surface area (Å²) in [6, 6.07) is 0. The number of aliphatic hydroxyl groups excluding tert-OH is 2. The third kappa shape index (κ3) is 1.08. The second-order valence-electron chi connectivity index (χ2n) is 3.95. The third-order valence-corrected chi connectivity index (χ3v) is 3.09. The molecule has 0 aromatic rings. The highest BCUT2D eigenvalue weighted by Crippen LogP contribution is 2.51. The molecule has 66 valence electrons. The minimum atomic E-state index is -0.860. The van der Waals surface area contributed by atoms with E-state index in [4.69, 9.17) is 5.11 Å². The maximum Gasteiger partial charge on any atom is 0.0769 e. The van der Waals surface area contributed by atoms with Gasteiger partial charge in [-0.1, -0.05) is 13.8 Å². The molecule has 11 heavy (non-hydrogen) atoms. The normalized spacial score (nSPS) is 41.7. The summed E-state index contributed by atoms with van der Waals surface area (Å²) in [6.45, 7) is 3.61. The smallest absolute Gasteiger partial charge is 0.0769 e. The zero-order chi connectivity index (χ0) is 8.70. The van der Waals surface area contributed by atoms with Crippen LogP contribution in [0.5, 0.6) is 0 Å². The molecule has 2 atom stereocenters. The standard InChI is InChI=1S/C8H16O3/c1-7(2)6(10)5-8(7,11)3-4-9/h6,9-11H,3-5H2,1-2H3. The molecule has 3 N–H and O–H groups in total. The summed E-state index contributed by atoms with van der Waals surface area (Å²) in [4.78, 5) is 0. The van der Waals surface area contributed by atoms with E-state index >= 15 is 0 Å². The van der Waals surface area contributed by atoms with E-state index in [-0.39, 0.29) is 6.61 Å². The number of hydrogen-bond donors (Lipinski definition) is 3. The summed E-state index contributed by atoms with van der Waals surface area (Å²) in [7, 11) is 0. The number of aliphatic hydroxyl groups is 3. The highest BCUT2D eigenvalue weighted by atomic mass is 16.3. The monoisotopic (exact) mass is 160 g/mol. The summed E-state index contributed by atoms with van der Waals surface area (Å²) >= 11 is 0. The van der Waals surface area contributed by atoms with Gasteiger partial charge in [0.15, 0.2) is 0 Å². The molecule has 1 fully saturated rings. The van der Waals surface area contributed by atoms with Gasteiger partial charge in [0.05, 0.1) is 11.7 Å². The van der Waals surface area contributed by atoms with Gasteiger partial charge >= 0.3 is 0 Å².